The van der Waals surface area contributed by atoms with Gasteiger partial charge >= 0.3 is 17.9 Å². The topological polar surface area (TPSA) is 78.9 Å². The molecule has 81 heavy (non-hydrogen) atoms. The number of ether oxygens (including phenoxy) is 3. The van der Waals surface area contributed by atoms with Crippen LogP contribution in [0.4, 0.5) is 0 Å². The Morgan fingerprint density at radius 1 is 0.259 bits per heavy atom. The van der Waals surface area contributed by atoms with Gasteiger partial charge < -0.3 is 14.2 Å². The van der Waals surface area contributed by atoms with E-state index in [1.165, 1.54) is 64.2 Å². The van der Waals surface area contributed by atoms with Crippen LogP contribution in [-0.2, 0) is 28.6 Å². The van der Waals surface area contributed by atoms with Crippen LogP contribution in [0.3, 0.4) is 0 Å². The van der Waals surface area contributed by atoms with E-state index in [1.54, 1.807) is 0 Å². The molecule has 0 amide bonds. The Bertz CT molecular complexity index is 1810. The van der Waals surface area contributed by atoms with Crippen LogP contribution in [0.15, 0.2) is 158 Å². The quantitative estimate of drug-likeness (QED) is 0.0261. The molecule has 0 aliphatic rings. The van der Waals surface area contributed by atoms with Crippen molar-refractivity contribution in [1.82, 2.24) is 0 Å². The van der Waals surface area contributed by atoms with Gasteiger partial charge in [-0.1, -0.05) is 269 Å². The molecule has 6 heteroatoms. The summed E-state index contributed by atoms with van der Waals surface area (Å²) in [6.07, 6.45) is 98.2. The van der Waals surface area contributed by atoms with Crippen LogP contribution in [-0.4, -0.2) is 37.2 Å². The molecule has 0 spiro atoms. The molecule has 0 aromatic carbocycles. The smallest absolute Gasteiger partial charge is 0.306 e. The number of esters is 3. The average molecular weight is 1120 g/mol. The molecule has 0 fully saturated rings. The first-order chi connectivity index (χ1) is 40.0. The molecule has 0 heterocycles. The lowest BCUT2D eigenvalue weighted by molar-refractivity contribution is -0.167. The summed E-state index contributed by atoms with van der Waals surface area (Å²) in [4.78, 5) is 38.3. The van der Waals surface area contributed by atoms with Crippen LogP contribution in [0.1, 0.15) is 278 Å². The van der Waals surface area contributed by atoms with Gasteiger partial charge in [0.25, 0.3) is 0 Å². The normalized spacial score (nSPS) is 13.2. The van der Waals surface area contributed by atoms with Crippen molar-refractivity contribution >= 4 is 17.9 Å². The van der Waals surface area contributed by atoms with Crippen molar-refractivity contribution in [2.24, 2.45) is 0 Å². The Morgan fingerprint density at radius 2 is 0.494 bits per heavy atom. The first kappa shape index (κ1) is 76.0. The highest BCUT2D eigenvalue weighted by Gasteiger charge is 2.19. The first-order valence-electron chi connectivity index (χ1n) is 33.0. The Morgan fingerprint density at radius 3 is 0.802 bits per heavy atom. The van der Waals surface area contributed by atoms with Crippen molar-refractivity contribution in [1.29, 1.82) is 0 Å². The van der Waals surface area contributed by atoms with E-state index in [0.717, 1.165) is 173 Å². The SMILES string of the molecule is CC/C=C\C/C=C\C/C=C\C/C=C\C/C=C\C/C=C\C/C=C\C/C=C\C/C=C\CCCCCCCC(=O)OCC(COC(=O)CCCCCCC/C=C\CCCC)OC(=O)CCCCCCCC/C=C\C/C=C\C/C=C\CCCCC. The second kappa shape index (κ2) is 67.5. The number of rotatable bonds is 58. The van der Waals surface area contributed by atoms with E-state index in [0.29, 0.717) is 19.3 Å². The Kier molecular flexibility index (Phi) is 63.4. The van der Waals surface area contributed by atoms with E-state index in [2.05, 4.69) is 179 Å². The van der Waals surface area contributed by atoms with Crippen molar-refractivity contribution in [3.63, 3.8) is 0 Å². The molecule has 0 rings (SSSR count). The molecule has 0 radical (unpaired) electrons. The fourth-order valence-electron chi connectivity index (χ4n) is 8.54. The molecule has 1 atom stereocenters. The van der Waals surface area contributed by atoms with Gasteiger partial charge in [-0.3, -0.25) is 14.4 Å². The van der Waals surface area contributed by atoms with Crippen molar-refractivity contribution in [3.8, 4) is 0 Å². The van der Waals surface area contributed by atoms with Crippen molar-refractivity contribution in [3.05, 3.63) is 158 Å². The largest absolute Gasteiger partial charge is 0.462 e. The summed E-state index contributed by atoms with van der Waals surface area (Å²) in [6, 6.07) is 0. The van der Waals surface area contributed by atoms with Gasteiger partial charge in [0.15, 0.2) is 6.10 Å². The molecule has 1 unspecified atom stereocenters. The Balaban J connectivity index is 4.34. The number of hydrogen-bond donors (Lipinski definition) is 0. The molecule has 456 valence electrons. The summed E-state index contributed by atoms with van der Waals surface area (Å²) < 4.78 is 16.9. The van der Waals surface area contributed by atoms with E-state index in [1.807, 2.05) is 0 Å². The van der Waals surface area contributed by atoms with Crippen molar-refractivity contribution in [2.45, 2.75) is 284 Å². The third-order valence-corrected chi connectivity index (χ3v) is 13.5. The number of hydrogen-bond acceptors (Lipinski definition) is 6. The molecule has 0 aromatic rings. The van der Waals surface area contributed by atoms with Gasteiger partial charge in [-0.15, -0.1) is 0 Å². The fraction of sp³-hybridized carbons (Fsp3) is 0.613. The number of carbonyl (C=O) groups excluding carboxylic acids is 3. The minimum Gasteiger partial charge on any atom is -0.462 e. The maximum Gasteiger partial charge on any atom is 0.306 e. The highest BCUT2D eigenvalue weighted by molar-refractivity contribution is 5.71. The summed E-state index contributed by atoms with van der Waals surface area (Å²) in [5.74, 6) is -0.944. The predicted molar refractivity (Wildman–Crippen MR) is 352 cm³/mol. The summed E-state index contributed by atoms with van der Waals surface area (Å²) >= 11 is 0. The molecule has 0 aliphatic carbocycles. The maximum absolute atomic E-state index is 12.9. The molecule has 0 saturated heterocycles. The van der Waals surface area contributed by atoms with E-state index in [9.17, 15) is 14.4 Å². The van der Waals surface area contributed by atoms with E-state index >= 15 is 0 Å². The van der Waals surface area contributed by atoms with Gasteiger partial charge in [-0.2, -0.15) is 0 Å². The second-order valence-corrected chi connectivity index (χ2v) is 21.3. The number of allylic oxidation sites excluding steroid dienone is 26. The summed E-state index contributed by atoms with van der Waals surface area (Å²) in [6.45, 7) is 6.42. The van der Waals surface area contributed by atoms with E-state index in [4.69, 9.17) is 14.2 Å². The Labute approximate surface area is 499 Å². The fourth-order valence-corrected chi connectivity index (χ4v) is 8.54. The molecule has 0 saturated carbocycles. The first-order valence-corrected chi connectivity index (χ1v) is 33.0. The van der Waals surface area contributed by atoms with Gasteiger partial charge in [-0.25, -0.2) is 0 Å². The molecule has 6 nitrogen and oxygen atoms in total. The van der Waals surface area contributed by atoms with Gasteiger partial charge in [0.05, 0.1) is 0 Å². The van der Waals surface area contributed by atoms with E-state index < -0.39 is 6.10 Å². The summed E-state index contributed by atoms with van der Waals surface area (Å²) in [7, 11) is 0. The van der Waals surface area contributed by atoms with Crippen LogP contribution in [0.25, 0.3) is 0 Å². The number of carbonyl (C=O) groups is 3. The zero-order chi connectivity index (χ0) is 58.5. The highest BCUT2D eigenvalue weighted by atomic mass is 16.6. The number of unbranched alkanes of at least 4 members (excludes halogenated alkanes) is 21. The second-order valence-electron chi connectivity index (χ2n) is 21.3. The molecule has 0 bridgehead atoms. The minimum atomic E-state index is -0.804. The summed E-state index contributed by atoms with van der Waals surface area (Å²) in [5.41, 5.74) is 0. The molecular weight excluding hydrogens is 997 g/mol. The average Bonchev–Trinajstić information content (AvgIpc) is 3.47. The van der Waals surface area contributed by atoms with Gasteiger partial charge in [-0.05, 0) is 148 Å². The third-order valence-electron chi connectivity index (χ3n) is 13.5. The summed E-state index contributed by atoms with van der Waals surface area (Å²) in [5, 5.41) is 0. The Hall–Kier alpha value is -4.97. The zero-order valence-corrected chi connectivity index (χ0v) is 52.2. The maximum atomic E-state index is 12.9. The molecular formula is C75H120O6. The van der Waals surface area contributed by atoms with Crippen molar-refractivity contribution in [2.75, 3.05) is 13.2 Å². The van der Waals surface area contributed by atoms with Crippen molar-refractivity contribution < 1.29 is 28.6 Å². The zero-order valence-electron chi connectivity index (χ0n) is 52.2. The van der Waals surface area contributed by atoms with E-state index in [-0.39, 0.29) is 31.1 Å². The van der Waals surface area contributed by atoms with Crippen LogP contribution in [0, 0.1) is 0 Å². The molecule has 0 aliphatic heterocycles. The van der Waals surface area contributed by atoms with Gasteiger partial charge in [0.1, 0.15) is 13.2 Å². The standard InChI is InChI=1S/C75H120O6/c1-4-7-10-13-16-19-22-24-26-28-30-31-32-33-34-35-36-37-38-39-40-41-42-43-45-46-48-50-53-56-59-62-65-68-74(77)80-71-72(70-79-73(76)67-64-61-58-55-52-21-18-15-12-9-6-3)81-75(78)69-66-63-60-57-54-51-49-47-44-29-27-25-23-20-17-14-11-8-5-2/h7,10,15-20,24-27,30-31,33-34,36-37,39-40,42-44,46-48,72H,4-6,8-9,11-14,21-23,28-29,32,35,38,41,45,49-71H2,1-3H3/b10-7-,18-15-,19-16-,20-17-,26-24-,27-25-,31-30-,34-33-,37-36-,40-39-,43-42-,47-44-,48-46-. The minimum absolute atomic E-state index is 0.0993. The third kappa shape index (κ3) is 65.7. The van der Waals surface area contributed by atoms with Gasteiger partial charge in [0.2, 0.25) is 0 Å². The predicted octanol–water partition coefficient (Wildman–Crippen LogP) is 22.9. The monoisotopic (exact) mass is 1120 g/mol. The lowest BCUT2D eigenvalue weighted by Crippen LogP contribution is -2.30. The molecule has 0 N–H and O–H groups in total. The van der Waals surface area contributed by atoms with Crippen LogP contribution >= 0.6 is 0 Å². The highest BCUT2D eigenvalue weighted by Crippen LogP contribution is 2.14. The van der Waals surface area contributed by atoms with Crippen LogP contribution < -0.4 is 0 Å². The lowest BCUT2D eigenvalue weighted by atomic mass is 10.1. The van der Waals surface area contributed by atoms with Crippen LogP contribution in [0.5, 0.6) is 0 Å². The molecule has 0 aromatic heterocycles. The lowest BCUT2D eigenvalue weighted by Gasteiger charge is -2.18. The van der Waals surface area contributed by atoms with Gasteiger partial charge in [0, 0.05) is 19.3 Å². The van der Waals surface area contributed by atoms with Crippen LogP contribution in [0.2, 0.25) is 0 Å².